The van der Waals surface area contributed by atoms with Crippen molar-refractivity contribution in [3.8, 4) is 0 Å². The van der Waals surface area contributed by atoms with Crippen LogP contribution in [0.2, 0.25) is 0 Å². The van der Waals surface area contributed by atoms with E-state index in [0.29, 0.717) is 10.9 Å². The first kappa shape index (κ1) is 21.8. The Morgan fingerprint density at radius 3 is 2.80 bits per heavy atom. The molecule has 1 fully saturated rings. The molecule has 0 radical (unpaired) electrons. The number of thioether (sulfide) groups is 1. The van der Waals surface area contributed by atoms with Gasteiger partial charge in [-0.25, -0.2) is 0 Å². The Morgan fingerprint density at radius 2 is 2.10 bits per heavy atom. The minimum atomic E-state index is -0.910. The highest BCUT2D eigenvalue weighted by Gasteiger charge is 2.42. The molecule has 1 aromatic carbocycles. The third-order valence-corrected chi connectivity index (χ3v) is 6.58. The fourth-order valence-electron chi connectivity index (χ4n) is 3.44. The average molecular weight is 429 g/mol. The van der Waals surface area contributed by atoms with Gasteiger partial charge in [-0.2, -0.15) is 5.10 Å². The maximum absolute atomic E-state index is 12.2. The highest BCUT2D eigenvalue weighted by molar-refractivity contribution is 8.15. The van der Waals surface area contributed by atoms with Gasteiger partial charge in [-0.1, -0.05) is 56.0 Å². The second-order valence-electron chi connectivity index (χ2n) is 7.61. The normalized spacial score (nSPS) is 29.9. The zero-order chi connectivity index (χ0) is 21.7. The van der Waals surface area contributed by atoms with Crippen LogP contribution in [0.1, 0.15) is 26.7 Å². The number of carbonyl (C=O) groups is 3. The molecule has 2 amide bonds. The minimum absolute atomic E-state index is 0.00869. The number of amidine groups is 1. The number of nitrogens with one attached hydrogen (secondary N) is 2. The number of hydrogen-bond donors (Lipinski definition) is 3. The van der Waals surface area contributed by atoms with Crippen molar-refractivity contribution in [1.29, 1.82) is 0 Å². The third-order valence-electron chi connectivity index (χ3n) is 5.51. The lowest BCUT2D eigenvalue weighted by Gasteiger charge is -2.38. The number of carboxylic acids is 1. The first-order valence-corrected chi connectivity index (χ1v) is 10.5. The average Bonchev–Trinajstić information content (AvgIpc) is 3.03. The van der Waals surface area contributed by atoms with Crippen molar-refractivity contribution in [2.45, 2.75) is 31.9 Å². The molecule has 3 rings (SSSR count). The van der Waals surface area contributed by atoms with Gasteiger partial charge in [0.05, 0.1) is 5.92 Å². The molecule has 0 aromatic heterocycles. The Bertz CT molecular complexity index is 915. The van der Waals surface area contributed by atoms with Crippen LogP contribution < -0.4 is 10.6 Å². The lowest BCUT2D eigenvalue weighted by Crippen LogP contribution is -2.41. The van der Waals surface area contributed by atoms with E-state index in [1.807, 2.05) is 38.1 Å². The van der Waals surface area contributed by atoms with Crippen molar-refractivity contribution in [1.82, 2.24) is 5.32 Å². The SMILES string of the molecule is CC1CC=CC(C(=O)O)C1(C)/C=N/N=C1\NC(=O)C(CC(=O)Nc2ccccc2)S1. The van der Waals surface area contributed by atoms with Gasteiger partial charge in [-0.05, 0) is 24.5 Å². The van der Waals surface area contributed by atoms with Crippen LogP contribution in [0.4, 0.5) is 5.69 Å². The monoisotopic (exact) mass is 428 g/mol. The summed E-state index contributed by atoms with van der Waals surface area (Å²) < 4.78 is 0. The van der Waals surface area contributed by atoms with Gasteiger partial charge in [0, 0.05) is 23.7 Å². The van der Waals surface area contributed by atoms with Gasteiger partial charge >= 0.3 is 5.97 Å². The van der Waals surface area contributed by atoms with Crippen LogP contribution in [-0.4, -0.2) is 39.5 Å². The molecule has 1 aromatic rings. The van der Waals surface area contributed by atoms with Gasteiger partial charge in [0.1, 0.15) is 5.25 Å². The van der Waals surface area contributed by atoms with E-state index in [2.05, 4.69) is 20.8 Å². The van der Waals surface area contributed by atoms with E-state index in [1.165, 1.54) is 0 Å². The number of aliphatic carboxylic acids is 1. The molecule has 0 spiro atoms. The van der Waals surface area contributed by atoms with Crippen molar-refractivity contribution in [2.24, 2.45) is 27.5 Å². The number of allylic oxidation sites excluding steroid dienone is 1. The fraction of sp³-hybridized carbons (Fsp3) is 0.381. The zero-order valence-corrected chi connectivity index (χ0v) is 17.6. The topological polar surface area (TPSA) is 120 Å². The van der Waals surface area contributed by atoms with Crippen molar-refractivity contribution in [3.63, 3.8) is 0 Å². The van der Waals surface area contributed by atoms with E-state index >= 15 is 0 Å². The van der Waals surface area contributed by atoms with Gasteiger partial charge in [0.15, 0.2) is 5.17 Å². The minimum Gasteiger partial charge on any atom is -0.481 e. The number of carbonyl (C=O) groups excluding carboxylic acids is 2. The number of benzene rings is 1. The van der Waals surface area contributed by atoms with Crippen LogP contribution in [0.3, 0.4) is 0 Å². The van der Waals surface area contributed by atoms with E-state index in [0.717, 1.165) is 18.2 Å². The van der Waals surface area contributed by atoms with Crippen molar-refractivity contribution >= 4 is 46.6 Å². The molecule has 4 unspecified atom stereocenters. The number of nitrogens with zero attached hydrogens (tertiary/aromatic N) is 2. The second-order valence-corrected chi connectivity index (χ2v) is 8.80. The van der Waals surface area contributed by atoms with Gasteiger partial charge in [0.25, 0.3) is 0 Å². The summed E-state index contributed by atoms with van der Waals surface area (Å²) in [5.74, 6) is -2.09. The molecule has 1 aliphatic heterocycles. The third kappa shape index (κ3) is 4.96. The smallest absolute Gasteiger partial charge is 0.311 e. The summed E-state index contributed by atoms with van der Waals surface area (Å²) in [5.41, 5.74) is -0.0198. The van der Waals surface area contributed by atoms with Crippen LogP contribution in [0.15, 0.2) is 52.7 Å². The predicted octanol–water partition coefficient (Wildman–Crippen LogP) is 2.89. The summed E-state index contributed by atoms with van der Waals surface area (Å²) in [6.07, 6.45) is 5.88. The molecule has 0 bridgehead atoms. The van der Waals surface area contributed by atoms with Crippen LogP contribution in [0.25, 0.3) is 0 Å². The molecule has 9 heteroatoms. The largest absolute Gasteiger partial charge is 0.481 e. The molecule has 30 heavy (non-hydrogen) atoms. The van der Waals surface area contributed by atoms with Gasteiger partial charge in [-0.15, -0.1) is 5.10 Å². The number of carboxylic acid groups (broad SMARTS) is 1. The highest BCUT2D eigenvalue weighted by atomic mass is 32.2. The Kier molecular flexibility index (Phi) is 6.71. The molecular formula is C21H24N4O4S. The van der Waals surface area contributed by atoms with Crippen LogP contribution >= 0.6 is 11.8 Å². The molecule has 1 saturated heterocycles. The Balaban J connectivity index is 1.62. The van der Waals surface area contributed by atoms with E-state index in [-0.39, 0.29) is 24.2 Å². The fourth-order valence-corrected chi connectivity index (χ4v) is 4.36. The second kappa shape index (κ2) is 9.25. The molecule has 4 atom stereocenters. The summed E-state index contributed by atoms with van der Waals surface area (Å²) in [6.45, 7) is 3.83. The summed E-state index contributed by atoms with van der Waals surface area (Å²) in [5, 5.41) is 22.7. The van der Waals surface area contributed by atoms with Crippen LogP contribution in [0, 0.1) is 17.3 Å². The molecule has 1 heterocycles. The number of amides is 2. The highest BCUT2D eigenvalue weighted by Crippen LogP contribution is 2.40. The maximum atomic E-state index is 12.2. The van der Waals surface area contributed by atoms with Crippen LogP contribution in [-0.2, 0) is 14.4 Å². The predicted molar refractivity (Wildman–Crippen MR) is 117 cm³/mol. The molecular weight excluding hydrogens is 404 g/mol. The Hall–Kier alpha value is -2.94. The first-order valence-electron chi connectivity index (χ1n) is 9.63. The molecule has 8 nitrogen and oxygen atoms in total. The van der Waals surface area contributed by atoms with Crippen molar-refractivity contribution in [3.05, 3.63) is 42.5 Å². The van der Waals surface area contributed by atoms with Gasteiger partial charge in [-0.3, -0.25) is 14.4 Å². The number of anilines is 1. The lowest BCUT2D eigenvalue weighted by molar-refractivity contribution is -0.143. The van der Waals surface area contributed by atoms with E-state index < -0.39 is 22.6 Å². The van der Waals surface area contributed by atoms with E-state index in [1.54, 1.807) is 24.4 Å². The molecule has 3 N–H and O–H groups in total. The Morgan fingerprint density at radius 1 is 1.37 bits per heavy atom. The van der Waals surface area contributed by atoms with Gasteiger partial charge < -0.3 is 15.7 Å². The standard InChI is InChI=1S/C21H24N4O4S/c1-13-7-6-10-15(19(28)29)21(13,2)12-22-25-20-24-18(27)16(30-20)11-17(26)23-14-8-4-3-5-9-14/h3-6,8-10,12-13,15-16H,7,11H2,1-2H3,(H,23,26)(H,28,29)(H,24,25,27)/b22-12+. The molecule has 2 aliphatic rings. The summed E-state index contributed by atoms with van der Waals surface area (Å²) in [4.78, 5) is 36.0. The lowest BCUT2D eigenvalue weighted by atomic mass is 9.65. The Labute approximate surface area is 178 Å². The van der Waals surface area contributed by atoms with E-state index in [4.69, 9.17) is 0 Å². The van der Waals surface area contributed by atoms with Crippen molar-refractivity contribution < 1.29 is 19.5 Å². The van der Waals surface area contributed by atoms with Crippen molar-refractivity contribution in [2.75, 3.05) is 5.32 Å². The van der Waals surface area contributed by atoms with Crippen LogP contribution in [0.5, 0.6) is 0 Å². The first-order chi connectivity index (χ1) is 14.3. The molecule has 1 aliphatic carbocycles. The quantitative estimate of drug-likeness (QED) is 0.366. The summed E-state index contributed by atoms with van der Waals surface area (Å²) in [7, 11) is 0. The number of hydrogen-bond acceptors (Lipinski definition) is 6. The molecule has 0 saturated carbocycles. The summed E-state index contributed by atoms with van der Waals surface area (Å²) >= 11 is 1.14. The van der Waals surface area contributed by atoms with E-state index in [9.17, 15) is 19.5 Å². The number of rotatable bonds is 6. The summed E-state index contributed by atoms with van der Waals surface area (Å²) in [6, 6.07) is 9.02. The maximum Gasteiger partial charge on any atom is 0.311 e. The number of para-hydroxylation sites is 1. The molecule has 158 valence electrons. The van der Waals surface area contributed by atoms with Gasteiger partial charge in [0.2, 0.25) is 11.8 Å². The zero-order valence-electron chi connectivity index (χ0n) is 16.7.